The molecule has 0 aliphatic carbocycles. The fraction of sp³-hybridized carbons (Fsp3) is 0.800. The van der Waals surface area contributed by atoms with E-state index >= 15 is 0 Å². The summed E-state index contributed by atoms with van der Waals surface area (Å²) in [6, 6.07) is 0.200. The topological polar surface area (TPSA) is 71.2 Å². The van der Waals surface area contributed by atoms with Crippen LogP contribution in [0.3, 0.4) is 0 Å². The van der Waals surface area contributed by atoms with Crippen molar-refractivity contribution in [2.75, 3.05) is 13.1 Å². The molecule has 0 saturated carbocycles. The van der Waals surface area contributed by atoms with Crippen molar-refractivity contribution in [1.82, 2.24) is 19.9 Å². The van der Waals surface area contributed by atoms with Gasteiger partial charge >= 0.3 is 0 Å². The lowest BCUT2D eigenvalue weighted by Crippen LogP contribution is -2.51. The third kappa shape index (κ3) is 3.26. The Morgan fingerprint density at radius 1 is 1.43 bits per heavy atom. The standard InChI is InChI=1S/C15H26N4O2/c1-11(2)19-9-12(16-17-19)15(21)7-6-8-18(10-15)13(20)14(3,4)5/h9,11,21H,6-8,10H2,1-5H3/t15-/m1/s1. The summed E-state index contributed by atoms with van der Waals surface area (Å²) in [6.45, 7) is 10.7. The van der Waals surface area contributed by atoms with E-state index in [4.69, 9.17) is 0 Å². The molecule has 2 rings (SSSR count). The number of aliphatic hydroxyl groups is 1. The molecule has 1 amide bonds. The molecule has 118 valence electrons. The van der Waals surface area contributed by atoms with Crippen molar-refractivity contribution in [3.63, 3.8) is 0 Å². The molecule has 0 aromatic carbocycles. The summed E-state index contributed by atoms with van der Waals surface area (Å²) in [5.74, 6) is 0.0666. The van der Waals surface area contributed by atoms with Crippen LogP contribution in [0, 0.1) is 5.41 Å². The van der Waals surface area contributed by atoms with Gasteiger partial charge < -0.3 is 10.0 Å². The average Bonchev–Trinajstić information content (AvgIpc) is 2.87. The molecule has 6 heteroatoms. The summed E-state index contributed by atoms with van der Waals surface area (Å²) >= 11 is 0. The second kappa shape index (κ2) is 5.40. The van der Waals surface area contributed by atoms with Gasteiger partial charge in [0.05, 0.1) is 12.7 Å². The number of rotatable bonds is 2. The number of aromatic nitrogens is 3. The van der Waals surface area contributed by atoms with E-state index in [1.807, 2.05) is 34.6 Å². The fourth-order valence-electron chi connectivity index (χ4n) is 2.64. The number of carbonyl (C=O) groups excluding carboxylic acids is 1. The van der Waals surface area contributed by atoms with E-state index < -0.39 is 11.0 Å². The van der Waals surface area contributed by atoms with Crippen LogP contribution in [-0.2, 0) is 10.4 Å². The normalized spacial score (nSPS) is 23.7. The molecule has 1 aliphatic rings. The highest BCUT2D eigenvalue weighted by molar-refractivity contribution is 5.81. The number of β-amino-alcohol motifs (C(OH)–C–C–N with tert-alkyl or cyclic N) is 1. The van der Waals surface area contributed by atoms with Crippen molar-refractivity contribution in [2.45, 2.75) is 59.1 Å². The molecular weight excluding hydrogens is 268 g/mol. The molecule has 6 nitrogen and oxygen atoms in total. The number of amides is 1. The monoisotopic (exact) mass is 294 g/mol. The minimum absolute atomic E-state index is 0.0666. The van der Waals surface area contributed by atoms with Crippen LogP contribution in [-0.4, -0.2) is 44.0 Å². The molecule has 21 heavy (non-hydrogen) atoms. The summed E-state index contributed by atoms with van der Waals surface area (Å²) < 4.78 is 1.73. The zero-order chi connectivity index (χ0) is 15.8. The third-order valence-corrected chi connectivity index (χ3v) is 3.92. The van der Waals surface area contributed by atoms with Gasteiger partial charge in [0.15, 0.2) is 0 Å². The maximum Gasteiger partial charge on any atom is 0.228 e. The van der Waals surface area contributed by atoms with Crippen LogP contribution in [0.1, 0.15) is 59.2 Å². The van der Waals surface area contributed by atoms with E-state index in [-0.39, 0.29) is 11.9 Å². The predicted molar refractivity (Wildman–Crippen MR) is 79.6 cm³/mol. The first kappa shape index (κ1) is 15.9. The smallest absolute Gasteiger partial charge is 0.228 e. The molecule has 1 saturated heterocycles. The first-order valence-electron chi connectivity index (χ1n) is 7.57. The number of carbonyl (C=O) groups is 1. The van der Waals surface area contributed by atoms with Crippen LogP contribution in [0.4, 0.5) is 0 Å². The van der Waals surface area contributed by atoms with E-state index in [0.29, 0.717) is 25.2 Å². The number of hydrogen-bond donors (Lipinski definition) is 1. The van der Waals surface area contributed by atoms with Gasteiger partial charge in [0, 0.05) is 18.0 Å². The molecule has 2 heterocycles. The Morgan fingerprint density at radius 3 is 2.62 bits per heavy atom. The molecule has 1 aromatic heterocycles. The van der Waals surface area contributed by atoms with Crippen LogP contribution in [0.5, 0.6) is 0 Å². The van der Waals surface area contributed by atoms with Gasteiger partial charge in [0.2, 0.25) is 5.91 Å². The molecule has 0 unspecified atom stereocenters. The number of nitrogens with zero attached hydrogens (tertiary/aromatic N) is 4. The van der Waals surface area contributed by atoms with Gasteiger partial charge in [-0.3, -0.25) is 4.79 Å². The van der Waals surface area contributed by atoms with E-state index in [0.717, 1.165) is 6.42 Å². The third-order valence-electron chi connectivity index (χ3n) is 3.92. The molecule has 1 aliphatic heterocycles. The lowest BCUT2D eigenvalue weighted by Gasteiger charge is -2.40. The molecule has 1 aromatic rings. The minimum atomic E-state index is -1.09. The van der Waals surface area contributed by atoms with Gasteiger partial charge in [0.1, 0.15) is 11.3 Å². The first-order valence-corrected chi connectivity index (χ1v) is 7.57. The van der Waals surface area contributed by atoms with Crippen LogP contribution < -0.4 is 0 Å². The number of piperidine rings is 1. The van der Waals surface area contributed by atoms with Crippen molar-refractivity contribution in [3.05, 3.63) is 11.9 Å². The Kier molecular flexibility index (Phi) is 4.10. The summed E-state index contributed by atoms with van der Waals surface area (Å²) in [5, 5.41) is 19.1. The highest BCUT2D eigenvalue weighted by Crippen LogP contribution is 2.32. The van der Waals surface area contributed by atoms with Crippen LogP contribution in [0.2, 0.25) is 0 Å². The van der Waals surface area contributed by atoms with E-state index in [1.54, 1.807) is 15.8 Å². The summed E-state index contributed by atoms with van der Waals surface area (Å²) in [4.78, 5) is 14.2. The number of hydrogen-bond acceptors (Lipinski definition) is 4. The molecule has 1 N–H and O–H groups in total. The van der Waals surface area contributed by atoms with Gasteiger partial charge in [-0.1, -0.05) is 26.0 Å². The molecule has 0 radical (unpaired) electrons. The second-order valence-electron chi connectivity index (χ2n) is 7.29. The van der Waals surface area contributed by atoms with E-state index in [9.17, 15) is 9.90 Å². The molecular formula is C15H26N4O2. The quantitative estimate of drug-likeness (QED) is 0.901. The summed E-state index contributed by atoms with van der Waals surface area (Å²) in [6.07, 6.45) is 3.17. The molecule has 1 atom stereocenters. The molecule has 1 fully saturated rings. The Morgan fingerprint density at radius 2 is 2.10 bits per heavy atom. The van der Waals surface area contributed by atoms with Crippen LogP contribution in [0.25, 0.3) is 0 Å². The van der Waals surface area contributed by atoms with Crippen molar-refractivity contribution in [2.24, 2.45) is 5.41 Å². The highest BCUT2D eigenvalue weighted by Gasteiger charge is 2.41. The Balaban J connectivity index is 2.20. The van der Waals surface area contributed by atoms with Gasteiger partial charge in [-0.15, -0.1) is 5.10 Å². The Hall–Kier alpha value is -1.43. The van der Waals surface area contributed by atoms with E-state index in [2.05, 4.69) is 10.3 Å². The van der Waals surface area contributed by atoms with Gasteiger partial charge in [-0.25, -0.2) is 4.68 Å². The lowest BCUT2D eigenvalue weighted by atomic mass is 9.87. The van der Waals surface area contributed by atoms with Crippen molar-refractivity contribution >= 4 is 5.91 Å². The second-order valence-corrected chi connectivity index (χ2v) is 7.29. The van der Waals surface area contributed by atoms with Gasteiger partial charge in [0.25, 0.3) is 0 Å². The Labute approximate surface area is 126 Å². The van der Waals surface area contributed by atoms with Crippen molar-refractivity contribution in [1.29, 1.82) is 0 Å². The minimum Gasteiger partial charge on any atom is -0.382 e. The van der Waals surface area contributed by atoms with Crippen molar-refractivity contribution in [3.8, 4) is 0 Å². The fourth-order valence-corrected chi connectivity index (χ4v) is 2.64. The van der Waals surface area contributed by atoms with Gasteiger partial charge in [-0.05, 0) is 26.7 Å². The van der Waals surface area contributed by atoms with Crippen LogP contribution >= 0.6 is 0 Å². The highest BCUT2D eigenvalue weighted by atomic mass is 16.3. The molecule has 0 bridgehead atoms. The zero-order valence-electron chi connectivity index (χ0n) is 13.6. The SMILES string of the molecule is CC(C)n1cc([C@@]2(O)CCCN(C(=O)C(C)(C)C)C2)nn1. The predicted octanol–water partition coefficient (Wildman–Crippen LogP) is 1.72. The maximum atomic E-state index is 12.4. The summed E-state index contributed by atoms with van der Waals surface area (Å²) in [5.41, 5.74) is -0.970. The van der Waals surface area contributed by atoms with Crippen molar-refractivity contribution < 1.29 is 9.90 Å². The summed E-state index contributed by atoms with van der Waals surface area (Å²) in [7, 11) is 0. The maximum absolute atomic E-state index is 12.4. The van der Waals surface area contributed by atoms with E-state index in [1.165, 1.54) is 0 Å². The Bertz CT molecular complexity index is 518. The molecule has 0 spiro atoms. The largest absolute Gasteiger partial charge is 0.382 e. The van der Waals surface area contributed by atoms with Crippen LogP contribution in [0.15, 0.2) is 6.20 Å². The first-order chi connectivity index (χ1) is 9.63. The zero-order valence-corrected chi connectivity index (χ0v) is 13.6. The number of likely N-dealkylation sites (tertiary alicyclic amines) is 1. The lowest BCUT2D eigenvalue weighted by molar-refractivity contribution is -0.147. The van der Waals surface area contributed by atoms with Gasteiger partial charge in [-0.2, -0.15) is 0 Å². The average molecular weight is 294 g/mol.